The van der Waals surface area contributed by atoms with E-state index in [-0.39, 0.29) is 17.6 Å². The molecule has 0 unspecified atom stereocenters. The number of carbonyl (C=O) groups excluding carboxylic acids is 1. The Morgan fingerprint density at radius 1 is 1.22 bits per heavy atom. The fourth-order valence-electron chi connectivity index (χ4n) is 2.60. The van der Waals surface area contributed by atoms with Gasteiger partial charge in [-0.1, -0.05) is 0 Å². The summed E-state index contributed by atoms with van der Waals surface area (Å²) in [6.07, 6.45) is 8.05. The largest absolute Gasteiger partial charge is 0.382 e. The van der Waals surface area contributed by atoms with Crippen molar-refractivity contribution in [2.24, 2.45) is 5.73 Å². The van der Waals surface area contributed by atoms with Crippen molar-refractivity contribution in [3.63, 3.8) is 0 Å². The van der Waals surface area contributed by atoms with Crippen LogP contribution in [0.4, 0.5) is 17.2 Å². The molecule has 23 heavy (non-hydrogen) atoms. The van der Waals surface area contributed by atoms with E-state index >= 15 is 0 Å². The summed E-state index contributed by atoms with van der Waals surface area (Å²) in [5, 5.41) is 2.82. The van der Waals surface area contributed by atoms with Gasteiger partial charge >= 0.3 is 0 Å². The minimum absolute atomic E-state index is 0.0967. The SMILES string of the molecule is Nc1nccnc1C(=O)Nc1cnccc1N1CCC(N)CC1. The Morgan fingerprint density at radius 2 is 1.96 bits per heavy atom. The first kappa shape index (κ1) is 15.2. The number of piperidine rings is 1. The molecule has 120 valence electrons. The lowest BCUT2D eigenvalue weighted by Gasteiger charge is -2.33. The van der Waals surface area contributed by atoms with E-state index in [0.29, 0.717) is 5.69 Å². The van der Waals surface area contributed by atoms with E-state index in [0.717, 1.165) is 31.6 Å². The van der Waals surface area contributed by atoms with Gasteiger partial charge in [-0.3, -0.25) is 9.78 Å². The number of carbonyl (C=O) groups is 1. The molecule has 2 aromatic rings. The van der Waals surface area contributed by atoms with Crippen LogP contribution in [0.25, 0.3) is 0 Å². The molecule has 5 N–H and O–H groups in total. The molecule has 0 bridgehead atoms. The third-order valence-corrected chi connectivity index (χ3v) is 3.87. The monoisotopic (exact) mass is 313 g/mol. The predicted molar refractivity (Wildman–Crippen MR) is 88.1 cm³/mol. The highest BCUT2D eigenvalue weighted by molar-refractivity contribution is 6.07. The highest BCUT2D eigenvalue weighted by Crippen LogP contribution is 2.27. The highest BCUT2D eigenvalue weighted by atomic mass is 16.1. The maximum atomic E-state index is 12.4. The molecule has 1 fully saturated rings. The predicted octanol–water partition coefficient (Wildman–Crippen LogP) is 0.634. The standard InChI is InChI=1S/C15H19N7O/c16-10-2-7-22(8-3-10)12-1-4-18-9-11(12)21-15(23)13-14(17)20-6-5-19-13/h1,4-6,9-10H,2-3,7-8,16H2,(H2,17,20)(H,21,23). The zero-order valence-corrected chi connectivity index (χ0v) is 12.6. The molecule has 0 aliphatic carbocycles. The van der Waals surface area contributed by atoms with Gasteiger partial charge < -0.3 is 21.7 Å². The van der Waals surface area contributed by atoms with Crippen molar-refractivity contribution in [1.82, 2.24) is 15.0 Å². The van der Waals surface area contributed by atoms with E-state index in [1.54, 1.807) is 12.4 Å². The van der Waals surface area contributed by atoms with Crippen molar-refractivity contribution in [3.05, 3.63) is 36.5 Å². The van der Waals surface area contributed by atoms with E-state index in [9.17, 15) is 4.79 Å². The minimum Gasteiger partial charge on any atom is -0.382 e. The van der Waals surface area contributed by atoms with Crippen LogP contribution in [0.1, 0.15) is 23.3 Å². The van der Waals surface area contributed by atoms with Gasteiger partial charge in [-0.05, 0) is 18.9 Å². The third-order valence-electron chi connectivity index (χ3n) is 3.87. The number of rotatable bonds is 3. The Labute approximate surface area is 133 Å². The Morgan fingerprint density at radius 3 is 2.70 bits per heavy atom. The lowest BCUT2D eigenvalue weighted by atomic mass is 10.1. The first-order valence-electron chi connectivity index (χ1n) is 7.47. The molecule has 1 aliphatic heterocycles. The number of pyridine rings is 1. The molecule has 1 saturated heterocycles. The van der Waals surface area contributed by atoms with Crippen LogP contribution in [-0.2, 0) is 0 Å². The van der Waals surface area contributed by atoms with Crippen LogP contribution in [0.2, 0.25) is 0 Å². The second kappa shape index (κ2) is 6.57. The maximum Gasteiger partial charge on any atom is 0.278 e. The molecule has 0 aromatic carbocycles. The second-order valence-corrected chi connectivity index (χ2v) is 5.46. The first-order valence-corrected chi connectivity index (χ1v) is 7.47. The molecule has 0 atom stereocenters. The summed E-state index contributed by atoms with van der Waals surface area (Å²) in [5.74, 6) is -0.307. The summed E-state index contributed by atoms with van der Waals surface area (Å²) in [7, 11) is 0. The second-order valence-electron chi connectivity index (χ2n) is 5.46. The number of nitrogens with two attached hydrogens (primary N) is 2. The van der Waals surface area contributed by atoms with Gasteiger partial charge in [0.25, 0.3) is 5.91 Å². The van der Waals surface area contributed by atoms with Crippen molar-refractivity contribution >= 4 is 23.1 Å². The van der Waals surface area contributed by atoms with Crippen LogP contribution >= 0.6 is 0 Å². The smallest absolute Gasteiger partial charge is 0.278 e. The van der Waals surface area contributed by atoms with Gasteiger partial charge in [-0.15, -0.1) is 0 Å². The zero-order valence-electron chi connectivity index (χ0n) is 12.6. The van der Waals surface area contributed by atoms with E-state index < -0.39 is 5.91 Å². The van der Waals surface area contributed by atoms with Crippen LogP contribution in [0.5, 0.6) is 0 Å². The number of hydrogen-bond donors (Lipinski definition) is 3. The lowest BCUT2D eigenvalue weighted by molar-refractivity contribution is 0.102. The summed E-state index contributed by atoms with van der Waals surface area (Å²) in [6.45, 7) is 1.70. The van der Waals surface area contributed by atoms with E-state index in [4.69, 9.17) is 11.5 Å². The molecule has 0 radical (unpaired) electrons. The van der Waals surface area contributed by atoms with E-state index in [1.165, 1.54) is 12.4 Å². The van der Waals surface area contributed by atoms with Crippen molar-refractivity contribution in [1.29, 1.82) is 0 Å². The number of nitrogens with zero attached hydrogens (tertiary/aromatic N) is 4. The Bertz CT molecular complexity index is 698. The van der Waals surface area contributed by atoms with Gasteiger partial charge in [0, 0.05) is 37.7 Å². The topological polar surface area (TPSA) is 123 Å². The normalized spacial score (nSPS) is 15.4. The zero-order chi connectivity index (χ0) is 16.2. The molecule has 0 spiro atoms. The van der Waals surface area contributed by atoms with Gasteiger partial charge in [0.2, 0.25) is 0 Å². The Hall–Kier alpha value is -2.74. The third kappa shape index (κ3) is 3.37. The molecule has 1 aliphatic rings. The highest BCUT2D eigenvalue weighted by Gasteiger charge is 2.20. The van der Waals surface area contributed by atoms with Crippen LogP contribution in [0.3, 0.4) is 0 Å². The van der Waals surface area contributed by atoms with Gasteiger partial charge in [0.1, 0.15) is 0 Å². The van der Waals surface area contributed by atoms with E-state index in [1.807, 2.05) is 6.07 Å². The number of aromatic nitrogens is 3. The summed E-state index contributed by atoms with van der Waals surface area (Å²) < 4.78 is 0. The van der Waals surface area contributed by atoms with Gasteiger partial charge in [0.05, 0.1) is 17.6 Å². The molecule has 1 amide bonds. The summed E-state index contributed by atoms with van der Waals surface area (Å²) in [5.41, 5.74) is 13.3. The fraction of sp³-hybridized carbons (Fsp3) is 0.333. The fourth-order valence-corrected chi connectivity index (χ4v) is 2.60. The average Bonchev–Trinajstić information content (AvgIpc) is 2.56. The minimum atomic E-state index is -0.404. The number of nitrogen functional groups attached to an aromatic ring is 1. The average molecular weight is 313 g/mol. The Balaban J connectivity index is 1.81. The molecule has 3 heterocycles. The maximum absolute atomic E-state index is 12.4. The summed E-state index contributed by atoms with van der Waals surface area (Å²) in [6, 6.07) is 2.12. The first-order chi connectivity index (χ1) is 11.1. The van der Waals surface area contributed by atoms with Gasteiger partial charge in [0.15, 0.2) is 11.5 Å². The number of nitrogens with one attached hydrogen (secondary N) is 1. The van der Waals surface area contributed by atoms with Crippen LogP contribution < -0.4 is 21.7 Å². The number of hydrogen-bond acceptors (Lipinski definition) is 7. The molecular weight excluding hydrogens is 294 g/mol. The van der Waals surface area contributed by atoms with Crippen molar-refractivity contribution in [3.8, 4) is 0 Å². The van der Waals surface area contributed by atoms with Crippen molar-refractivity contribution < 1.29 is 4.79 Å². The molecule has 3 rings (SSSR count). The van der Waals surface area contributed by atoms with Gasteiger partial charge in [-0.2, -0.15) is 0 Å². The quantitative estimate of drug-likeness (QED) is 0.759. The van der Waals surface area contributed by atoms with Crippen LogP contribution in [0.15, 0.2) is 30.9 Å². The van der Waals surface area contributed by atoms with Crippen LogP contribution in [0, 0.1) is 0 Å². The molecule has 0 saturated carbocycles. The van der Waals surface area contributed by atoms with Gasteiger partial charge in [-0.25, -0.2) is 9.97 Å². The van der Waals surface area contributed by atoms with Crippen LogP contribution in [-0.4, -0.2) is 40.0 Å². The number of anilines is 3. The molecular formula is C15H19N7O. The molecule has 8 heteroatoms. The van der Waals surface area contributed by atoms with Crippen molar-refractivity contribution in [2.75, 3.05) is 29.0 Å². The van der Waals surface area contributed by atoms with Crippen molar-refractivity contribution in [2.45, 2.75) is 18.9 Å². The lowest BCUT2D eigenvalue weighted by Crippen LogP contribution is -2.40. The number of amides is 1. The molecule has 8 nitrogen and oxygen atoms in total. The Kier molecular flexibility index (Phi) is 4.33. The molecule has 2 aromatic heterocycles. The summed E-state index contributed by atoms with van der Waals surface area (Å²) >= 11 is 0. The summed E-state index contributed by atoms with van der Waals surface area (Å²) in [4.78, 5) is 26.5. The van der Waals surface area contributed by atoms with E-state index in [2.05, 4.69) is 25.2 Å².